The highest BCUT2D eigenvalue weighted by molar-refractivity contribution is 9.10. The summed E-state index contributed by atoms with van der Waals surface area (Å²) in [5.41, 5.74) is 1.74. The number of nitrogens with zero attached hydrogens (tertiary/aromatic N) is 3. The number of halogens is 1. The van der Waals surface area contributed by atoms with Gasteiger partial charge in [0.05, 0.1) is 24.4 Å². The summed E-state index contributed by atoms with van der Waals surface area (Å²) in [6.07, 6.45) is 4.22. The Kier molecular flexibility index (Phi) is 8.06. The average Bonchev–Trinajstić information content (AvgIpc) is 3.17. The standard InChI is InChI=1S/C23H26BrN3O3S/c1-26(2)12-5-13-27(23-25-18-9-8-17(24)15-21(18)31-23)22(28)11-7-16-6-10-19(29-3)20(14-16)30-4/h6-11,14-15H,5,12-13H2,1-4H3/b11-7+. The van der Waals surface area contributed by atoms with Gasteiger partial charge in [-0.05, 0) is 69.0 Å². The highest BCUT2D eigenvalue weighted by atomic mass is 79.9. The lowest BCUT2D eigenvalue weighted by Crippen LogP contribution is -2.32. The van der Waals surface area contributed by atoms with Gasteiger partial charge in [0.2, 0.25) is 0 Å². The molecule has 1 heterocycles. The number of benzene rings is 2. The molecule has 0 unspecified atom stereocenters. The van der Waals surface area contributed by atoms with Crippen LogP contribution in [0.4, 0.5) is 5.13 Å². The van der Waals surface area contributed by atoms with E-state index in [0.29, 0.717) is 23.2 Å². The molecule has 0 bridgehead atoms. The van der Waals surface area contributed by atoms with Crippen molar-refractivity contribution in [3.05, 3.63) is 52.5 Å². The third-order valence-corrected chi connectivity index (χ3v) is 6.18. The van der Waals surface area contributed by atoms with E-state index in [4.69, 9.17) is 14.5 Å². The summed E-state index contributed by atoms with van der Waals surface area (Å²) in [4.78, 5) is 21.7. The van der Waals surface area contributed by atoms with Crippen molar-refractivity contribution in [3.63, 3.8) is 0 Å². The van der Waals surface area contributed by atoms with Gasteiger partial charge in [0.25, 0.3) is 5.91 Å². The number of carbonyl (C=O) groups is 1. The first-order valence-electron chi connectivity index (χ1n) is 9.83. The SMILES string of the molecule is COc1ccc(/C=C/C(=O)N(CCCN(C)C)c2nc3ccc(Br)cc3s2)cc1OC. The minimum Gasteiger partial charge on any atom is -0.493 e. The molecule has 0 aliphatic heterocycles. The lowest BCUT2D eigenvalue weighted by molar-refractivity contribution is -0.114. The van der Waals surface area contributed by atoms with Gasteiger partial charge in [-0.25, -0.2) is 4.98 Å². The molecule has 1 amide bonds. The second kappa shape index (κ2) is 10.7. The number of fused-ring (bicyclic) bond motifs is 1. The molecule has 3 rings (SSSR count). The highest BCUT2D eigenvalue weighted by Gasteiger charge is 2.18. The van der Waals surface area contributed by atoms with Gasteiger partial charge in [-0.2, -0.15) is 0 Å². The van der Waals surface area contributed by atoms with Crippen LogP contribution in [0, 0.1) is 0 Å². The van der Waals surface area contributed by atoms with Crippen LogP contribution in [0.5, 0.6) is 11.5 Å². The summed E-state index contributed by atoms with van der Waals surface area (Å²) < 4.78 is 12.7. The molecule has 0 spiro atoms. The molecule has 0 aliphatic rings. The predicted molar refractivity (Wildman–Crippen MR) is 131 cm³/mol. The van der Waals surface area contributed by atoms with Crippen molar-refractivity contribution in [2.45, 2.75) is 6.42 Å². The molecule has 8 heteroatoms. The van der Waals surface area contributed by atoms with Crippen molar-refractivity contribution in [1.82, 2.24) is 9.88 Å². The third kappa shape index (κ3) is 6.06. The van der Waals surface area contributed by atoms with Crippen molar-refractivity contribution in [2.24, 2.45) is 0 Å². The van der Waals surface area contributed by atoms with Gasteiger partial charge in [-0.15, -0.1) is 0 Å². The number of amides is 1. The van der Waals surface area contributed by atoms with Gasteiger partial charge < -0.3 is 14.4 Å². The number of methoxy groups -OCH3 is 2. The largest absolute Gasteiger partial charge is 0.493 e. The predicted octanol–water partition coefficient (Wildman–Crippen LogP) is 5.07. The number of thiazole rings is 1. The van der Waals surface area contributed by atoms with Crippen LogP contribution in [0.3, 0.4) is 0 Å². The van der Waals surface area contributed by atoms with Gasteiger partial charge in [-0.3, -0.25) is 9.69 Å². The molecule has 0 fully saturated rings. The summed E-state index contributed by atoms with van der Waals surface area (Å²) in [6, 6.07) is 11.5. The Morgan fingerprint density at radius 2 is 1.87 bits per heavy atom. The molecular formula is C23H26BrN3O3S. The first-order valence-corrected chi connectivity index (χ1v) is 11.4. The van der Waals surface area contributed by atoms with Gasteiger partial charge in [0, 0.05) is 17.1 Å². The zero-order valence-corrected chi connectivity index (χ0v) is 20.5. The van der Waals surface area contributed by atoms with E-state index in [0.717, 1.165) is 33.2 Å². The third-order valence-electron chi connectivity index (χ3n) is 4.65. The fourth-order valence-corrected chi connectivity index (χ4v) is 4.61. The van der Waals surface area contributed by atoms with Crippen molar-refractivity contribution in [3.8, 4) is 11.5 Å². The van der Waals surface area contributed by atoms with E-state index < -0.39 is 0 Å². The summed E-state index contributed by atoms with van der Waals surface area (Å²) in [7, 11) is 7.24. The van der Waals surface area contributed by atoms with E-state index in [2.05, 4.69) is 20.8 Å². The van der Waals surface area contributed by atoms with Crippen molar-refractivity contribution >= 4 is 54.6 Å². The van der Waals surface area contributed by atoms with Crippen LogP contribution in [0.25, 0.3) is 16.3 Å². The van der Waals surface area contributed by atoms with Crippen molar-refractivity contribution in [2.75, 3.05) is 46.3 Å². The van der Waals surface area contributed by atoms with Gasteiger partial charge in [0.1, 0.15) is 0 Å². The number of hydrogen-bond donors (Lipinski definition) is 0. The summed E-state index contributed by atoms with van der Waals surface area (Å²) in [5, 5.41) is 0.703. The van der Waals surface area contributed by atoms with E-state index in [1.807, 2.05) is 50.5 Å². The second-order valence-corrected chi connectivity index (χ2v) is 9.13. The number of ether oxygens (including phenoxy) is 2. The fraction of sp³-hybridized carbons (Fsp3) is 0.304. The molecule has 0 saturated heterocycles. The Morgan fingerprint density at radius 1 is 1.10 bits per heavy atom. The summed E-state index contributed by atoms with van der Waals surface area (Å²) >= 11 is 5.02. The van der Waals surface area contributed by atoms with Crippen molar-refractivity contribution < 1.29 is 14.3 Å². The second-order valence-electron chi connectivity index (χ2n) is 7.20. The Bertz CT molecular complexity index is 1080. The molecule has 0 atom stereocenters. The van der Waals surface area contributed by atoms with E-state index in [1.54, 1.807) is 31.3 Å². The van der Waals surface area contributed by atoms with Crippen LogP contribution in [0.15, 0.2) is 46.9 Å². The van der Waals surface area contributed by atoms with Gasteiger partial charge in [-0.1, -0.05) is 33.3 Å². The molecular weight excluding hydrogens is 478 g/mol. The van der Waals surface area contributed by atoms with Crippen LogP contribution in [0.2, 0.25) is 0 Å². The first kappa shape index (κ1) is 23.2. The van der Waals surface area contributed by atoms with Crippen LogP contribution >= 0.6 is 27.3 Å². The van der Waals surface area contributed by atoms with E-state index in [-0.39, 0.29) is 5.91 Å². The summed E-state index contributed by atoms with van der Waals surface area (Å²) in [6.45, 7) is 1.48. The Balaban J connectivity index is 1.85. The van der Waals surface area contributed by atoms with E-state index in [9.17, 15) is 4.79 Å². The van der Waals surface area contributed by atoms with Crippen LogP contribution in [-0.2, 0) is 4.79 Å². The minimum atomic E-state index is -0.105. The maximum atomic E-state index is 13.1. The maximum Gasteiger partial charge on any atom is 0.252 e. The molecule has 0 aliphatic carbocycles. The Labute approximate surface area is 195 Å². The number of aromatic nitrogens is 1. The number of anilines is 1. The lowest BCUT2D eigenvalue weighted by atomic mass is 10.2. The Morgan fingerprint density at radius 3 is 2.58 bits per heavy atom. The molecule has 0 N–H and O–H groups in total. The highest BCUT2D eigenvalue weighted by Crippen LogP contribution is 2.31. The van der Waals surface area contributed by atoms with Gasteiger partial charge in [0.15, 0.2) is 16.6 Å². The normalized spacial score (nSPS) is 11.4. The monoisotopic (exact) mass is 503 g/mol. The molecule has 0 saturated carbocycles. The molecule has 6 nitrogen and oxygen atoms in total. The minimum absolute atomic E-state index is 0.105. The Hall–Kier alpha value is -2.42. The van der Waals surface area contributed by atoms with Crippen LogP contribution in [0.1, 0.15) is 12.0 Å². The molecule has 2 aromatic carbocycles. The fourth-order valence-electron chi connectivity index (χ4n) is 3.06. The zero-order chi connectivity index (χ0) is 22.4. The maximum absolute atomic E-state index is 13.1. The number of rotatable bonds is 9. The molecule has 3 aromatic rings. The lowest BCUT2D eigenvalue weighted by Gasteiger charge is -2.19. The number of carbonyl (C=O) groups excluding carboxylic acids is 1. The van der Waals surface area contributed by atoms with Gasteiger partial charge >= 0.3 is 0 Å². The smallest absolute Gasteiger partial charge is 0.252 e. The molecule has 31 heavy (non-hydrogen) atoms. The number of hydrogen-bond acceptors (Lipinski definition) is 6. The van der Waals surface area contributed by atoms with E-state index >= 15 is 0 Å². The zero-order valence-electron chi connectivity index (χ0n) is 18.1. The van der Waals surface area contributed by atoms with E-state index in [1.165, 1.54) is 11.3 Å². The van der Waals surface area contributed by atoms with Crippen LogP contribution < -0.4 is 14.4 Å². The first-order chi connectivity index (χ1) is 14.9. The average molecular weight is 504 g/mol. The summed E-state index contributed by atoms with van der Waals surface area (Å²) in [5.74, 6) is 1.17. The van der Waals surface area contributed by atoms with Crippen molar-refractivity contribution in [1.29, 1.82) is 0 Å². The molecule has 0 radical (unpaired) electrons. The topological polar surface area (TPSA) is 54.9 Å². The molecule has 164 valence electrons. The molecule has 1 aromatic heterocycles. The quantitative estimate of drug-likeness (QED) is 0.381. The van der Waals surface area contributed by atoms with Crippen LogP contribution in [-0.4, -0.2) is 57.2 Å².